The van der Waals surface area contributed by atoms with E-state index < -0.39 is 121 Å². The highest BCUT2D eigenvalue weighted by atomic mass is 16.4. The van der Waals surface area contributed by atoms with Crippen LogP contribution in [-0.4, -0.2) is 148 Å². The van der Waals surface area contributed by atoms with Gasteiger partial charge >= 0.3 is 5.97 Å². The van der Waals surface area contributed by atoms with Gasteiger partial charge in [-0.05, 0) is 50.9 Å². The average molecular weight is 846 g/mol. The molecule has 0 aromatic rings. The number of hydrogen-bond donors (Lipinski definition) is 14. The fourth-order valence-electron chi connectivity index (χ4n) is 5.32. The van der Waals surface area contributed by atoms with Crippen LogP contribution in [0.1, 0.15) is 81.1 Å². The number of aliphatic hydroxyl groups excluding tert-OH is 3. The number of nitrogens with one attached hydrogen (secondary N) is 7. The molecule has 17 N–H and O–H groups in total. The molecule has 59 heavy (non-hydrogen) atoms. The lowest BCUT2D eigenvalue weighted by Gasteiger charge is -2.28. The van der Waals surface area contributed by atoms with Crippen LogP contribution in [0.15, 0.2) is 4.99 Å². The Morgan fingerprint density at radius 2 is 1.14 bits per heavy atom. The van der Waals surface area contributed by atoms with Gasteiger partial charge in [0.2, 0.25) is 41.4 Å². The number of nitrogens with zero attached hydrogens (tertiary/aromatic N) is 1. The Morgan fingerprint density at radius 3 is 1.61 bits per heavy atom. The Labute approximate surface area is 344 Å². The second kappa shape index (κ2) is 26.8. The fraction of sp³-hybridized carbons (Fsp3) is 0.750. The molecule has 0 aliphatic rings. The summed E-state index contributed by atoms with van der Waals surface area (Å²) < 4.78 is 0. The van der Waals surface area contributed by atoms with Crippen molar-refractivity contribution in [2.24, 2.45) is 39.9 Å². The lowest BCUT2D eigenvalue weighted by molar-refractivity contribution is -0.143. The van der Waals surface area contributed by atoms with E-state index in [0.29, 0.717) is 6.42 Å². The zero-order valence-electron chi connectivity index (χ0n) is 35.1. The smallest absolute Gasteiger partial charge is 0.326 e. The average Bonchev–Trinajstić information content (AvgIpc) is 3.14. The van der Waals surface area contributed by atoms with Crippen LogP contribution in [0.25, 0.3) is 0 Å². The van der Waals surface area contributed by atoms with E-state index >= 15 is 0 Å². The Hall–Kier alpha value is -5.13. The predicted molar refractivity (Wildman–Crippen MR) is 214 cm³/mol. The second-order valence-corrected chi connectivity index (χ2v) is 15.2. The van der Waals surface area contributed by atoms with Gasteiger partial charge in [-0.3, -0.25) is 38.6 Å². The zero-order valence-corrected chi connectivity index (χ0v) is 35.1. The van der Waals surface area contributed by atoms with Gasteiger partial charge in [0.25, 0.3) is 0 Å². The Bertz CT molecular complexity index is 1460. The van der Waals surface area contributed by atoms with Gasteiger partial charge < -0.3 is 74.8 Å². The van der Waals surface area contributed by atoms with Gasteiger partial charge in [-0.1, -0.05) is 48.0 Å². The maximum Gasteiger partial charge on any atom is 0.326 e. The van der Waals surface area contributed by atoms with E-state index in [9.17, 15) is 58.8 Å². The number of rotatable bonds is 27. The maximum absolute atomic E-state index is 13.5. The number of carboxylic acids is 1. The normalized spacial score (nSPS) is 16.3. The topological polar surface area (TPSA) is 392 Å². The number of guanidine groups is 1. The van der Waals surface area contributed by atoms with Crippen LogP contribution in [0, 0.1) is 17.8 Å². The number of carbonyl (C=O) groups excluding carboxylic acids is 7. The summed E-state index contributed by atoms with van der Waals surface area (Å²) in [6.45, 7) is 11.2. The molecule has 0 unspecified atom stereocenters. The molecule has 7 amide bonds. The van der Waals surface area contributed by atoms with Crippen molar-refractivity contribution in [3.05, 3.63) is 0 Å². The van der Waals surface area contributed by atoms with Crippen molar-refractivity contribution in [1.29, 1.82) is 0 Å². The molecule has 0 saturated heterocycles. The number of aliphatic carboxylic acids is 1. The van der Waals surface area contributed by atoms with Crippen LogP contribution < -0.4 is 54.4 Å². The first-order valence-electron chi connectivity index (χ1n) is 19.5. The lowest BCUT2D eigenvalue weighted by atomic mass is 9.98. The van der Waals surface area contributed by atoms with Crippen molar-refractivity contribution >= 4 is 53.3 Å². The van der Waals surface area contributed by atoms with E-state index in [0.717, 1.165) is 13.8 Å². The van der Waals surface area contributed by atoms with Crippen molar-refractivity contribution in [1.82, 2.24) is 37.2 Å². The van der Waals surface area contributed by atoms with E-state index in [1.54, 1.807) is 34.6 Å². The van der Waals surface area contributed by atoms with Gasteiger partial charge in [-0.25, -0.2) is 4.79 Å². The van der Waals surface area contributed by atoms with Crippen molar-refractivity contribution in [3.63, 3.8) is 0 Å². The molecule has 0 bridgehead atoms. The highest BCUT2D eigenvalue weighted by Crippen LogP contribution is 2.10. The van der Waals surface area contributed by atoms with Crippen molar-refractivity contribution in [3.8, 4) is 0 Å². The van der Waals surface area contributed by atoms with Crippen LogP contribution in [0.5, 0.6) is 0 Å². The molecule has 0 saturated carbocycles. The number of nitrogens with two attached hydrogens (primary N) is 3. The molecule has 0 aromatic carbocycles. The summed E-state index contributed by atoms with van der Waals surface area (Å²) in [5, 5.41) is 56.4. The molecular formula is C36H67N11O12. The number of carboxylic acid groups (broad SMARTS) is 1. The molecule has 0 aliphatic carbocycles. The first-order valence-corrected chi connectivity index (χ1v) is 19.5. The van der Waals surface area contributed by atoms with Gasteiger partial charge in [0.05, 0.1) is 31.4 Å². The SMILES string of the molecule is CC[C@H](C)[C@H](N)C(=O)N[C@@H](CO)C(=O)N[C@H](C(=O)N[C@@H](CC(C)C)C(=O)NCC(=O)N[C@H](C(=O)N[C@H](C(=O)N[C@@H](CCCN=C(N)N)C(=O)O)[C@@H](C)O)[C@@H](C)O)C(C)C. The molecule has 0 heterocycles. The van der Waals surface area contributed by atoms with Crippen LogP contribution in [0.3, 0.4) is 0 Å². The zero-order chi connectivity index (χ0) is 45.7. The summed E-state index contributed by atoms with van der Waals surface area (Å²) in [7, 11) is 0. The van der Waals surface area contributed by atoms with E-state index in [1.807, 2.05) is 6.92 Å². The van der Waals surface area contributed by atoms with Crippen LogP contribution in [-0.2, 0) is 38.4 Å². The summed E-state index contributed by atoms with van der Waals surface area (Å²) in [5.41, 5.74) is 16.4. The van der Waals surface area contributed by atoms with Gasteiger partial charge in [-0.15, -0.1) is 0 Å². The number of carbonyl (C=O) groups is 8. The second-order valence-electron chi connectivity index (χ2n) is 15.2. The number of aliphatic hydroxyl groups is 3. The summed E-state index contributed by atoms with van der Waals surface area (Å²) >= 11 is 0. The third-order valence-corrected chi connectivity index (χ3v) is 9.09. The molecule has 0 rings (SSSR count). The van der Waals surface area contributed by atoms with Crippen LogP contribution in [0.4, 0.5) is 0 Å². The van der Waals surface area contributed by atoms with E-state index in [-0.39, 0.29) is 43.6 Å². The largest absolute Gasteiger partial charge is 0.480 e. The first-order chi connectivity index (χ1) is 27.4. The third kappa shape index (κ3) is 19.9. The molecule has 10 atom stereocenters. The summed E-state index contributed by atoms with van der Waals surface area (Å²) in [4.78, 5) is 107. The Kier molecular flexibility index (Phi) is 24.5. The highest BCUT2D eigenvalue weighted by Gasteiger charge is 2.35. The van der Waals surface area contributed by atoms with E-state index in [2.05, 4.69) is 42.2 Å². The van der Waals surface area contributed by atoms with Crippen molar-refractivity contribution in [2.75, 3.05) is 19.7 Å². The van der Waals surface area contributed by atoms with Crippen LogP contribution >= 0.6 is 0 Å². The number of hydrogen-bond acceptors (Lipinski definition) is 13. The molecule has 23 nitrogen and oxygen atoms in total. The van der Waals surface area contributed by atoms with Gasteiger partial charge in [0.1, 0.15) is 36.3 Å². The molecule has 0 fully saturated rings. The molecule has 23 heteroatoms. The first kappa shape index (κ1) is 53.9. The van der Waals surface area contributed by atoms with Gasteiger partial charge in [-0.2, -0.15) is 0 Å². The molecule has 0 aromatic heterocycles. The number of aliphatic imine (C=N–C) groups is 1. The maximum atomic E-state index is 13.5. The Balaban J connectivity index is 5.74. The minimum absolute atomic E-state index is 0.0743. The standard InChI is InChI=1S/C36H67N11O12/c1-9-18(6)25(37)31(54)44-23(15-48)30(53)46-26(17(4)5)32(55)43-22(13-16(2)3)29(52)41-14-24(51)45-27(19(7)49)34(57)47-28(20(8)50)33(56)42-21(35(58)59)11-10-12-40-36(38)39/h16-23,25-28,48-50H,9-15,37H2,1-8H3,(H,41,52)(H,42,56)(H,43,55)(H,44,54)(H,45,51)(H,46,53)(H,47,57)(H,58,59)(H4,38,39,40)/t18-,19+,20+,21-,22-,23-,25-,26-,27-,28-/m0/s1. The van der Waals surface area contributed by atoms with Crippen LogP contribution in [0.2, 0.25) is 0 Å². The number of amides is 7. The quantitative estimate of drug-likeness (QED) is 0.0209. The minimum Gasteiger partial charge on any atom is -0.480 e. The fourth-order valence-corrected chi connectivity index (χ4v) is 5.32. The molecule has 0 spiro atoms. The lowest BCUT2D eigenvalue weighted by Crippen LogP contribution is -2.61. The third-order valence-electron chi connectivity index (χ3n) is 9.09. The molecule has 338 valence electrons. The Morgan fingerprint density at radius 1 is 0.644 bits per heavy atom. The highest BCUT2D eigenvalue weighted by molar-refractivity contribution is 5.97. The molecule has 0 aliphatic heterocycles. The van der Waals surface area contributed by atoms with Crippen molar-refractivity contribution < 1.29 is 58.8 Å². The monoisotopic (exact) mass is 845 g/mol. The summed E-state index contributed by atoms with van der Waals surface area (Å²) in [6.07, 6.45) is -2.40. The van der Waals surface area contributed by atoms with Gasteiger partial charge in [0, 0.05) is 6.54 Å². The summed E-state index contributed by atoms with van der Waals surface area (Å²) in [5.74, 6) is -8.83. The predicted octanol–water partition coefficient (Wildman–Crippen LogP) is -5.02. The van der Waals surface area contributed by atoms with E-state index in [4.69, 9.17) is 17.2 Å². The minimum atomic E-state index is -1.72. The summed E-state index contributed by atoms with van der Waals surface area (Å²) in [6, 6.07) is -9.71. The van der Waals surface area contributed by atoms with E-state index in [1.165, 1.54) is 0 Å². The van der Waals surface area contributed by atoms with Gasteiger partial charge in [0.15, 0.2) is 5.96 Å². The van der Waals surface area contributed by atoms with Crippen molar-refractivity contribution in [2.45, 2.75) is 136 Å². The molecular weight excluding hydrogens is 778 g/mol. The molecule has 0 radical (unpaired) electrons.